The molecule has 1 atom stereocenters. The van der Waals surface area contributed by atoms with Gasteiger partial charge in [0.05, 0.1) is 19.2 Å². The number of pyridine rings is 1. The predicted octanol–water partition coefficient (Wildman–Crippen LogP) is 3.39. The van der Waals surface area contributed by atoms with Gasteiger partial charge in [0.1, 0.15) is 11.8 Å². The summed E-state index contributed by atoms with van der Waals surface area (Å²) < 4.78 is 7.13. The zero-order valence-electron chi connectivity index (χ0n) is 18.9. The molecule has 1 aliphatic rings. The molecule has 33 heavy (non-hydrogen) atoms. The van der Waals surface area contributed by atoms with Gasteiger partial charge in [0.2, 0.25) is 0 Å². The van der Waals surface area contributed by atoms with Crippen molar-refractivity contribution in [1.82, 2.24) is 30.1 Å². The molecule has 0 aliphatic carbocycles. The second kappa shape index (κ2) is 9.15. The zero-order valence-corrected chi connectivity index (χ0v) is 18.9. The van der Waals surface area contributed by atoms with Crippen molar-refractivity contribution in [2.45, 2.75) is 32.4 Å². The molecule has 5 rings (SSSR count). The van der Waals surface area contributed by atoms with Gasteiger partial charge in [-0.3, -0.25) is 9.69 Å². The van der Waals surface area contributed by atoms with Crippen LogP contribution >= 0.6 is 0 Å². The number of nitrogens with one attached hydrogen (secondary N) is 1. The molecule has 8 nitrogen and oxygen atoms in total. The lowest BCUT2D eigenvalue weighted by Crippen LogP contribution is -2.40. The van der Waals surface area contributed by atoms with Gasteiger partial charge in [0, 0.05) is 11.6 Å². The van der Waals surface area contributed by atoms with E-state index >= 15 is 0 Å². The molecule has 1 N–H and O–H groups in total. The maximum atomic E-state index is 13.3. The van der Waals surface area contributed by atoms with E-state index in [0.29, 0.717) is 29.6 Å². The van der Waals surface area contributed by atoms with Gasteiger partial charge in [-0.25, -0.2) is 4.68 Å². The summed E-state index contributed by atoms with van der Waals surface area (Å²) in [5, 5.41) is 13.6. The summed E-state index contributed by atoms with van der Waals surface area (Å²) >= 11 is 0. The Kier molecular flexibility index (Phi) is 5.92. The van der Waals surface area contributed by atoms with Crippen molar-refractivity contribution < 1.29 is 4.74 Å². The number of aromatic nitrogens is 5. The molecule has 1 aliphatic heterocycles. The number of nitrogens with zero attached hydrogens (tertiary/aromatic N) is 5. The highest BCUT2D eigenvalue weighted by molar-refractivity contribution is 5.80. The number of methoxy groups -OCH3 is 1. The summed E-state index contributed by atoms with van der Waals surface area (Å²) in [5.74, 6) is 2.07. The number of aromatic amines is 1. The van der Waals surface area contributed by atoms with Crippen molar-refractivity contribution in [2.75, 3.05) is 20.2 Å². The molecule has 2 aromatic heterocycles. The van der Waals surface area contributed by atoms with Gasteiger partial charge in [-0.2, -0.15) is 0 Å². The molecule has 1 saturated heterocycles. The Bertz CT molecular complexity index is 1290. The van der Waals surface area contributed by atoms with Crippen molar-refractivity contribution in [3.05, 3.63) is 81.9 Å². The van der Waals surface area contributed by atoms with E-state index < -0.39 is 0 Å². The van der Waals surface area contributed by atoms with Crippen molar-refractivity contribution in [3.8, 4) is 5.75 Å². The molecule has 0 radical (unpaired) electrons. The third-order valence-electron chi connectivity index (χ3n) is 6.54. The fourth-order valence-electron chi connectivity index (χ4n) is 4.59. The fourth-order valence-corrected chi connectivity index (χ4v) is 4.59. The number of ether oxygens (including phenoxy) is 1. The normalized spacial score (nSPS) is 16.2. The SMILES string of the molecule is COc1ccc2cc(C(c3nnnn3Cc3ccccc3)N3CCC(C)CC3)c(=O)[nH]c2c1. The average Bonchev–Trinajstić information content (AvgIpc) is 3.28. The van der Waals surface area contributed by atoms with Crippen molar-refractivity contribution in [3.63, 3.8) is 0 Å². The van der Waals surface area contributed by atoms with Crippen LogP contribution in [0.2, 0.25) is 0 Å². The molecular weight excluding hydrogens is 416 g/mol. The van der Waals surface area contributed by atoms with E-state index in [0.717, 1.165) is 42.4 Å². The van der Waals surface area contributed by atoms with E-state index in [4.69, 9.17) is 4.74 Å². The predicted molar refractivity (Wildman–Crippen MR) is 126 cm³/mol. The van der Waals surface area contributed by atoms with E-state index in [1.165, 1.54) is 0 Å². The second-order valence-corrected chi connectivity index (χ2v) is 8.81. The lowest BCUT2D eigenvalue weighted by molar-refractivity contribution is 0.149. The van der Waals surface area contributed by atoms with Crippen LogP contribution in [-0.2, 0) is 6.54 Å². The number of H-pyrrole nitrogens is 1. The second-order valence-electron chi connectivity index (χ2n) is 8.81. The Morgan fingerprint density at radius 3 is 2.67 bits per heavy atom. The highest BCUT2D eigenvalue weighted by Gasteiger charge is 2.32. The molecule has 0 spiro atoms. The molecule has 170 valence electrons. The van der Waals surface area contributed by atoms with Crippen LogP contribution < -0.4 is 10.3 Å². The number of rotatable bonds is 6. The minimum absolute atomic E-state index is 0.131. The first-order valence-electron chi connectivity index (χ1n) is 11.4. The first kappa shape index (κ1) is 21.3. The van der Waals surface area contributed by atoms with Gasteiger partial charge < -0.3 is 9.72 Å². The Balaban J connectivity index is 1.60. The van der Waals surface area contributed by atoms with E-state index in [2.05, 4.69) is 44.5 Å². The third-order valence-corrected chi connectivity index (χ3v) is 6.54. The molecule has 0 bridgehead atoms. The van der Waals surface area contributed by atoms with Crippen LogP contribution in [0.4, 0.5) is 0 Å². The van der Waals surface area contributed by atoms with Crippen LogP contribution in [0.1, 0.15) is 42.8 Å². The Morgan fingerprint density at radius 2 is 1.91 bits per heavy atom. The van der Waals surface area contributed by atoms with Crippen molar-refractivity contribution in [1.29, 1.82) is 0 Å². The summed E-state index contributed by atoms with van der Waals surface area (Å²) in [5.41, 5.74) is 2.38. The number of hydrogen-bond acceptors (Lipinski definition) is 6. The molecule has 0 saturated carbocycles. The monoisotopic (exact) mass is 444 g/mol. The lowest BCUT2D eigenvalue weighted by Gasteiger charge is -2.35. The number of piperidine rings is 1. The van der Waals surface area contributed by atoms with Gasteiger partial charge in [-0.1, -0.05) is 37.3 Å². The summed E-state index contributed by atoms with van der Waals surface area (Å²) in [6.45, 7) is 4.61. The third kappa shape index (κ3) is 4.39. The maximum absolute atomic E-state index is 13.3. The highest BCUT2D eigenvalue weighted by Crippen LogP contribution is 2.31. The number of tetrazole rings is 1. The van der Waals surface area contributed by atoms with Crippen molar-refractivity contribution >= 4 is 10.9 Å². The molecule has 0 amide bonds. The molecule has 1 unspecified atom stereocenters. The highest BCUT2D eigenvalue weighted by atomic mass is 16.5. The van der Waals surface area contributed by atoms with Crippen LogP contribution in [0.25, 0.3) is 10.9 Å². The number of likely N-dealkylation sites (tertiary alicyclic amines) is 1. The van der Waals surface area contributed by atoms with Gasteiger partial charge >= 0.3 is 0 Å². The van der Waals surface area contributed by atoms with E-state index in [-0.39, 0.29) is 11.6 Å². The largest absolute Gasteiger partial charge is 0.497 e. The summed E-state index contributed by atoms with van der Waals surface area (Å²) in [4.78, 5) is 18.7. The minimum atomic E-state index is -0.327. The molecule has 3 heterocycles. The molecule has 4 aromatic rings. The van der Waals surface area contributed by atoms with Crippen LogP contribution in [0.15, 0.2) is 59.4 Å². The van der Waals surface area contributed by atoms with Crippen LogP contribution in [0.5, 0.6) is 5.75 Å². The Labute approximate surface area is 192 Å². The summed E-state index contributed by atoms with van der Waals surface area (Å²) in [7, 11) is 1.62. The fraction of sp³-hybridized carbons (Fsp3) is 0.360. The number of fused-ring (bicyclic) bond motifs is 1. The van der Waals surface area contributed by atoms with Gasteiger partial charge in [-0.15, -0.1) is 5.10 Å². The van der Waals surface area contributed by atoms with E-state index in [9.17, 15) is 4.79 Å². The van der Waals surface area contributed by atoms with Crippen LogP contribution in [-0.4, -0.2) is 50.3 Å². The molecule has 8 heteroatoms. The van der Waals surface area contributed by atoms with Gasteiger partial charge in [-0.05, 0) is 71.4 Å². The number of benzene rings is 2. The lowest BCUT2D eigenvalue weighted by atomic mass is 9.95. The first-order valence-corrected chi connectivity index (χ1v) is 11.4. The zero-order chi connectivity index (χ0) is 22.8. The van der Waals surface area contributed by atoms with Gasteiger partial charge in [0.25, 0.3) is 5.56 Å². The summed E-state index contributed by atoms with van der Waals surface area (Å²) in [6.07, 6.45) is 2.17. The Hall–Kier alpha value is -3.52. The quantitative estimate of drug-likeness (QED) is 0.490. The first-order chi connectivity index (χ1) is 16.1. The standard InChI is InChI=1S/C25H28N6O2/c1-17-10-12-30(13-11-17)23(24-27-28-29-31(24)16-18-6-4-3-5-7-18)21-14-19-8-9-20(33-2)15-22(19)26-25(21)32/h3-9,14-15,17,23H,10-13,16H2,1-2H3,(H,26,32). The number of hydrogen-bond donors (Lipinski definition) is 1. The van der Waals surface area contributed by atoms with Crippen molar-refractivity contribution in [2.24, 2.45) is 5.92 Å². The summed E-state index contributed by atoms with van der Waals surface area (Å²) in [6, 6.07) is 17.5. The topological polar surface area (TPSA) is 88.9 Å². The minimum Gasteiger partial charge on any atom is -0.497 e. The smallest absolute Gasteiger partial charge is 0.253 e. The van der Waals surface area contributed by atoms with Crippen LogP contribution in [0.3, 0.4) is 0 Å². The molecule has 1 fully saturated rings. The van der Waals surface area contributed by atoms with Gasteiger partial charge in [0.15, 0.2) is 5.82 Å². The van der Waals surface area contributed by atoms with E-state index in [1.54, 1.807) is 7.11 Å². The molecule has 2 aromatic carbocycles. The molecular formula is C25H28N6O2. The Morgan fingerprint density at radius 1 is 1.12 bits per heavy atom. The average molecular weight is 445 g/mol. The maximum Gasteiger partial charge on any atom is 0.253 e. The van der Waals surface area contributed by atoms with E-state index in [1.807, 2.05) is 47.1 Å². The van der Waals surface area contributed by atoms with Crippen LogP contribution in [0, 0.1) is 5.92 Å².